The van der Waals surface area contributed by atoms with Gasteiger partial charge in [0.05, 0.1) is 12.6 Å². The van der Waals surface area contributed by atoms with Gasteiger partial charge in [0.15, 0.2) is 0 Å². The zero-order valence-corrected chi connectivity index (χ0v) is 21.2. The molecule has 1 aliphatic carbocycles. The van der Waals surface area contributed by atoms with E-state index >= 15 is 0 Å². The van der Waals surface area contributed by atoms with E-state index in [1.165, 1.54) is 0 Å². The summed E-state index contributed by atoms with van der Waals surface area (Å²) < 4.78 is 5.63. The normalized spacial score (nSPS) is 30.1. The van der Waals surface area contributed by atoms with Crippen molar-refractivity contribution in [2.24, 2.45) is 17.8 Å². The Morgan fingerprint density at radius 1 is 1.08 bits per heavy atom. The zero-order valence-electron chi connectivity index (χ0n) is 21.2. The van der Waals surface area contributed by atoms with Crippen LogP contribution in [0.1, 0.15) is 51.5 Å². The number of fused-ring (bicyclic) bond motifs is 1. The average Bonchev–Trinajstić information content (AvgIpc) is 3.55. The number of hydrogen-bond acceptors (Lipinski definition) is 8. The van der Waals surface area contributed by atoms with Crippen LogP contribution < -0.4 is 10.1 Å². The summed E-state index contributed by atoms with van der Waals surface area (Å²) in [5.74, 6) is 0.943. The fourth-order valence-corrected chi connectivity index (χ4v) is 6.27. The highest BCUT2D eigenvalue weighted by Gasteiger charge is 2.42. The number of carbonyl (C=O) groups is 2. The molecular formula is C26H36N6O5. The lowest BCUT2D eigenvalue weighted by molar-refractivity contribution is -0.143. The van der Waals surface area contributed by atoms with Gasteiger partial charge in [-0.3, -0.25) is 14.5 Å². The maximum atomic E-state index is 12.1. The molecule has 1 saturated carbocycles. The topological polar surface area (TPSA) is 143 Å². The molecule has 0 bridgehead atoms. The first-order chi connectivity index (χ1) is 17.9. The molecule has 0 spiro atoms. The number of carboxylic acid groups (broad SMARTS) is 2. The monoisotopic (exact) mass is 512 g/mol. The van der Waals surface area contributed by atoms with Crippen LogP contribution >= 0.6 is 0 Å². The van der Waals surface area contributed by atoms with Crippen molar-refractivity contribution >= 4 is 11.9 Å². The number of nitrogens with one attached hydrogen (secondary N) is 1. The third-order valence-electron chi connectivity index (χ3n) is 8.21. The molecule has 1 aromatic carbocycles. The first-order valence-corrected chi connectivity index (χ1v) is 13.4. The highest BCUT2D eigenvalue weighted by Crippen LogP contribution is 2.40. The second-order valence-electron chi connectivity index (χ2n) is 10.7. The minimum atomic E-state index is -0.827. The highest BCUT2D eigenvalue weighted by molar-refractivity contribution is 5.74. The van der Waals surface area contributed by atoms with Gasteiger partial charge in [-0.1, -0.05) is 6.92 Å². The number of tetrazole rings is 1. The predicted octanol–water partition coefficient (Wildman–Crippen LogP) is 2.31. The molecule has 2 saturated heterocycles. The second-order valence-corrected chi connectivity index (χ2v) is 10.7. The molecule has 3 unspecified atom stereocenters. The summed E-state index contributed by atoms with van der Waals surface area (Å²) in [6.45, 7) is 4.74. The molecule has 2 aromatic rings. The van der Waals surface area contributed by atoms with Crippen LogP contribution in [-0.2, 0) is 9.59 Å². The molecule has 1 aromatic heterocycles. The average molecular weight is 513 g/mol. The van der Waals surface area contributed by atoms with Crippen LogP contribution in [0.25, 0.3) is 11.4 Å². The van der Waals surface area contributed by atoms with Crippen molar-refractivity contribution in [3.8, 4) is 17.1 Å². The Balaban J connectivity index is 1.22. The Kier molecular flexibility index (Phi) is 7.71. The van der Waals surface area contributed by atoms with Crippen molar-refractivity contribution < 1.29 is 24.5 Å². The summed E-state index contributed by atoms with van der Waals surface area (Å²) in [6, 6.07) is 6.35. The van der Waals surface area contributed by atoms with E-state index < -0.39 is 24.0 Å². The molecule has 0 radical (unpaired) electrons. The number of aliphatic carboxylic acids is 2. The number of ether oxygens (including phenoxy) is 1. The van der Waals surface area contributed by atoms with Crippen LogP contribution in [0.5, 0.6) is 5.75 Å². The maximum absolute atomic E-state index is 12.1. The predicted molar refractivity (Wildman–Crippen MR) is 134 cm³/mol. The van der Waals surface area contributed by atoms with Gasteiger partial charge in [-0.05, 0) is 92.3 Å². The van der Waals surface area contributed by atoms with E-state index in [1.807, 2.05) is 24.3 Å². The van der Waals surface area contributed by atoms with Gasteiger partial charge in [0.25, 0.3) is 0 Å². The van der Waals surface area contributed by atoms with Crippen LogP contribution in [0, 0.1) is 17.8 Å². The summed E-state index contributed by atoms with van der Waals surface area (Å²) in [4.78, 5) is 27.2. The Hall–Kier alpha value is -3.05. The number of likely N-dealkylation sites (tertiary alicyclic amines) is 1. The Labute approximate surface area is 216 Å². The number of carboxylic acids is 2. The van der Waals surface area contributed by atoms with Crippen molar-refractivity contribution in [3.63, 3.8) is 0 Å². The van der Waals surface area contributed by atoms with Gasteiger partial charge in [0, 0.05) is 18.7 Å². The van der Waals surface area contributed by atoms with E-state index in [4.69, 9.17) is 4.74 Å². The van der Waals surface area contributed by atoms with Gasteiger partial charge in [-0.15, -0.1) is 10.2 Å². The number of hydrogen-bond donors (Lipinski definition) is 3. The molecule has 11 heteroatoms. The SMILES string of the molecule is CCCOc1ccc(-c2nnn([C@H]3C[C@@H](C(=O)O)N(CC4CC[C@H]5CNC(C(=O)O)CC5C4)C3)n2)cc1. The molecule has 11 nitrogen and oxygen atoms in total. The third-order valence-corrected chi connectivity index (χ3v) is 8.21. The second kappa shape index (κ2) is 11.1. The zero-order chi connectivity index (χ0) is 25.9. The molecular weight excluding hydrogens is 476 g/mol. The molecule has 3 fully saturated rings. The molecule has 3 heterocycles. The Bertz CT molecular complexity index is 1090. The van der Waals surface area contributed by atoms with Crippen molar-refractivity contribution in [2.75, 3.05) is 26.2 Å². The van der Waals surface area contributed by atoms with E-state index in [0.717, 1.165) is 43.5 Å². The van der Waals surface area contributed by atoms with E-state index in [2.05, 4.69) is 32.6 Å². The number of piperidine rings is 1. The van der Waals surface area contributed by atoms with Gasteiger partial charge < -0.3 is 20.3 Å². The fourth-order valence-electron chi connectivity index (χ4n) is 6.27. The third kappa shape index (κ3) is 5.77. The molecule has 5 rings (SSSR count). The summed E-state index contributed by atoms with van der Waals surface area (Å²) in [7, 11) is 0. The highest BCUT2D eigenvalue weighted by atomic mass is 16.5. The lowest BCUT2D eigenvalue weighted by atomic mass is 9.69. The molecule has 3 aliphatic rings. The molecule has 200 valence electrons. The fraction of sp³-hybridized carbons (Fsp3) is 0.654. The Morgan fingerprint density at radius 3 is 2.62 bits per heavy atom. The lowest BCUT2D eigenvalue weighted by Gasteiger charge is -2.42. The van der Waals surface area contributed by atoms with Gasteiger partial charge in [-0.2, -0.15) is 4.80 Å². The largest absolute Gasteiger partial charge is 0.494 e. The van der Waals surface area contributed by atoms with Crippen molar-refractivity contribution in [1.82, 2.24) is 30.4 Å². The molecule has 6 atom stereocenters. The number of benzene rings is 1. The lowest BCUT2D eigenvalue weighted by Crippen LogP contribution is -2.50. The van der Waals surface area contributed by atoms with Crippen LogP contribution in [0.2, 0.25) is 0 Å². The van der Waals surface area contributed by atoms with Crippen LogP contribution in [0.4, 0.5) is 0 Å². The smallest absolute Gasteiger partial charge is 0.321 e. The molecule has 37 heavy (non-hydrogen) atoms. The van der Waals surface area contributed by atoms with Gasteiger partial charge in [0.2, 0.25) is 5.82 Å². The van der Waals surface area contributed by atoms with E-state index in [9.17, 15) is 19.8 Å². The summed E-state index contributed by atoms with van der Waals surface area (Å²) in [5, 5.41) is 35.6. The molecule has 3 N–H and O–H groups in total. The standard InChI is InChI=1S/C26H36N6O5/c1-2-9-37-21-7-5-17(6-8-21)24-28-30-32(29-24)20-12-23(26(35)36)31(15-20)14-16-3-4-18-13-27-22(25(33)34)11-19(18)10-16/h5-8,16,18-20,22-23,27H,2-4,9-15H2,1H3,(H,33,34)(H,35,36)/t16?,18-,19?,20-,22?,23-/m0/s1. The van der Waals surface area contributed by atoms with Crippen molar-refractivity contribution in [1.29, 1.82) is 0 Å². The first-order valence-electron chi connectivity index (χ1n) is 13.4. The van der Waals surface area contributed by atoms with Gasteiger partial charge >= 0.3 is 11.9 Å². The van der Waals surface area contributed by atoms with Crippen LogP contribution in [0.15, 0.2) is 24.3 Å². The van der Waals surface area contributed by atoms with Crippen molar-refractivity contribution in [3.05, 3.63) is 24.3 Å². The van der Waals surface area contributed by atoms with Gasteiger partial charge in [0.1, 0.15) is 17.8 Å². The minimum absolute atomic E-state index is 0.166. The number of aromatic nitrogens is 4. The quantitative estimate of drug-likeness (QED) is 0.458. The first kappa shape index (κ1) is 25.6. The molecule has 0 amide bonds. The van der Waals surface area contributed by atoms with Crippen molar-refractivity contribution in [2.45, 2.75) is 63.6 Å². The molecule has 2 aliphatic heterocycles. The summed E-state index contributed by atoms with van der Waals surface area (Å²) in [6.07, 6.45) is 5.07. The van der Waals surface area contributed by atoms with Crippen LogP contribution in [-0.4, -0.2) is 85.6 Å². The van der Waals surface area contributed by atoms with E-state index in [1.54, 1.807) is 4.80 Å². The van der Waals surface area contributed by atoms with E-state index in [-0.39, 0.29) is 6.04 Å². The van der Waals surface area contributed by atoms with Crippen LogP contribution in [0.3, 0.4) is 0 Å². The van der Waals surface area contributed by atoms with Gasteiger partial charge in [-0.25, -0.2) is 0 Å². The van der Waals surface area contributed by atoms with E-state index in [0.29, 0.717) is 56.1 Å². The summed E-state index contributed by atoms with van der Waals surface area (Å²) in [5.41, 5.74) is 0.832. The maximum Gasteiger partial charge on any atom is 0.321 e. The Morgan fingerprint density at radius 2 is 1.89 bits per heavy atom. The summed E-state index contributed by atoms with van der Waals surface area (Å²) >= 11 is 0. The number of rotatable bonds is 9. The number of nitrogens with zero attached hydrogens (tertiary/aromatic N) is 5. The minimum Gasteiger partial charge on any atom is -0.494 e.